The highest BCUT2D eigenvalue weighted by Gasteiger charge is 2.36. The number of ether oxygens (including phenoxy) is 1. The molecule has 8 heteroatoms. The van der Waals surface area contributed by atoms with Gasteiger partial charge in [0.05, 0.1) is 18.9 Å². The Morgan fingerprint density at radius 3 is 2.74 bits per heavy atom. The smallest absolute Gasteiger partial charge is 0.408 e. The summed E-state index contributed by atoms with van der Waals surface area (Å²) in [6.45, 7) is -0.794. The summed E-state index contributed by atoms with van der Waals surface area (Å²) in [4.78, 5) is 12.4. The van der Waals surface area contributed by atoms with E-state index >= 15 is 0 Å². The number of amides is 1. The third-order valence-corrected chi connectivity index (χ3v) is 5.07. The molecule has 0 atom stereocenters. The molecule has 1 N–H and O–H groups in total. The third-order valence-electron chi connectivity index (χ3n) is 5.07. The number of alkyl halides is 3. The van der Waals surface area contributed by atoms with E-state index in [0.717, 1.165) is 54.1 Å². The maximum Gasteiger partial charge on any atom is 0.408 e. The highest BCUT2D eigenvalue weighted by atomic mass is 19.4. The normalized spacial score (nSPS) is 16.3. The van der Waals surface area contributed by atoms with Crippen LogP contribution in [0.4, 0.5) is 13.2 Å². The van der Waals surface area contributed by atoms with Crippen molar-refractivity contribution in [2.75, 3.05) is 13.7 Å². The monoisotopic (exact) mass is 381 g/mol. The topological polar surface area (TPSA) is 56.1 Å². The number of methoxy groups -OCH3 is 1. The van der Waals surface area contributed by atoms with Crippen molar-refractivity contribution >= 4 is 5.91 Å². The molecule has 0 saturated heterocycles. The van der Waals surface area contributed by atoms with Crippen LogP contribution in [0.15, 0.2) is 36.7 Å². The van der Waals surface area contributed by atoms with Gasteiger partial charge in [0.25, 0.3) is 5.91 Å². The summed E-state index contributed by atoms with van der Waals surface area (Å²) >= 11 is 0. The van der Waals surface area contributed by atoms with E-state index in [-0.39, 0.29) is 11.0 Å². The molecule has 2 aromatic rings. The fourth-order valence-electron chi connectivity index (χ4n) is 3.67. The van der Waals surface area contributed by atoms with Gasteiger partial charge >= 0.3 is 6.18 Å². The molecule has 146 valence electrons. The lowest BCUT2D eigenvalue weighted by Crippen LogP contribution is -2.39. The maximum absolute atomic E-state index is 12.4. The molecule has 0 spiro atoms. The Kier molecular flexibility index (Phi) is 5.43. The molecular weight excluding hydrogens is 359 g/mol. The third kappa shape index (κ3) is 4.61. The van der Waals surface area contributed by atoms with Gasteiger partial charge in [0.2, 0.25) is 0 Å². The van der Waals surface area contributed by atoms with E-state index in [1.54, 1.807) is 7.11 Å². The number of carbonyl (C=O) groups is 1. The molecule has 0 radical (unpaired) electrons. The summed E-state index contributed by atoms with van der Waals surface area (Å²) in [6.07, 6.45) is 1.92. The number of carbonyl (C=O) groups excluding carboxylic acids is 1. The fourth-order valence-corrected chi connectivity index (χ4v) is 3.67. The SMILES string of the molecule is COc1cccc(C2(CNC(=O)c3cnn(CC(F)(F)F)c3)CCCC2)c1. The van der Waals surface area contributed by atoms with Gasteiger partial charge in [-0.3, -0.25) is 9.48 Å². The Balaban J connectivity index is 1.70. The van der Waals surface area contributed by atoms with Crippen molar-refractivity contribution in [2.45, 2.75) is 43.8 Å². The van der Waals surface area contributed by atoms with Gasteiger partial charge in [0.1, 0.15) is 12.3 Å². The summed E-state index contributed by atoms with van der Waals surface area (Å²) in [5, 5.41) is 6.50. The van der Waals surface area contributed by atoms with E-state index in [1.807, 2.05) is 24.3 Å². The van der Waals surface area contributed by atoms with Crippen LogP contribution in [-0.4, -0.2) is 35.5 Å². The number of benzene rings is 1. The van der Waals surface area contributed by atoms with Crippen LogP contribution in [0, 0.1) is 0 Å². The number of hydrogen-bond acceptors (Lipinski definition) is 3. The summed E-state index contributed by atoms with van der Waals surface area (Å²) in [7, 11) is 1.61. The number of aromatic nitrogens is 2. The predicted molar refractivity (Wildman–Crippen MR) is 93.8 cm³/mol. The van der Waals surface area contributed by atoms with Crippen molar-refractivity contribution in [2.24, 2.45) is 0 Å². The Labute approximate surface area is 155 Å². The lowest BCUT2D eigenvalue weighted by Gasteiger charge is -2.30. The second-order valence-corrected chi connectivity index (χ2v) is 6.94. The average Bonchev–Trinajstić information content (AvgIpc) is 3.29. The number of rotatable bonds is 6. The highest BCUT2D eigenvalue weighted by Crippen LogP contribution is 2.41. The van der Waals surface area contributed by atoms with E-state index < -0.39 is 18.6 Å². The zero-order valence-corrected chi connectivity index (χ0v) is 15.1. The van der Waals surface area contributed by atoms with Gasteiger partial charge in [-0.05, 0) is 30.5 Å². The minimum absolute atomic E-state index is 0.123. The van der Waals surface area contributed by atoms with Crippen LogP contribution >= 0.6 is 0 Å². The summed E-state index contributed by atoms with van der Waals surface area (Å²) in [5.74, 6) is 0.344. The number of nitrogens with one attached hydrogen (secondary N) is 1. The van der Waals surface area contributed by atoms with Crippen molar-refractivity contribution in [3.63, 3.8) is 0 Å². The molecule has 5 nitrogen and oxygen atoms in total. The lowest BCUT2D eigenvalue weighted by molar-refractivity contribution is -0.142. The van der Waals surface area contributed by atoms with Crippen LogP contribution in [0.25, 0.3) is 0 Å². The Bertz CT molecular complexity index is 795. The highest BCUT2D eigenvalue weighted by molar-refractivity contribution is 5.93. The molecule has 1 fully saturated rings. The van der Waals surface area contributed by atoms with Crippen LogP contribution in [0.5, 0.6) is 5.75 Å². The number of halogens is 3. The maximum atomic E-state index is 12.4. The van der Waals surface area contributed by atoms with Crippen LogP contribution in [0.2, 0.25) is 0 Å². The summed E-state index contributed by atoms with van der Waals surface area (Å²) < 4.78 is 43.3. The quantitative estimate of drug-likeness (QED) is 0.830. The minimum Gasteiger partial charge on any atom is -0.497 e. The van der Waals surface area contributed by atoms with Gasteiger partial charge in [0, 0.05) is 18.2 Å². The molecule has 1 saturated carbocycles. The van der Waals surface area contributed by atoms with E-state index in [0.29, 0.717) is 6.54 Å². The molecule has 0 aliphatic heterocycles. The molecule has 1 heterocycles. The van der Waals surface area contributed by atoms with Gasteiger partial charge in [-0.25, -0.2) is 0 Å². The molecule has 1 aliphatic rings. The molecule has 1 aliphatic carbocycles. The summed E-state index contributed by atoms with van der Waals surface area (Å²) in [6, 6.07) is 7.82. The molecule has 3 rings (SSSR count). The van der Waals surface area contributed by atoms with Crippen molar-refractivity contribution < 1.29 is 22.7 Å². The van der Waals surface area contributed by atoms with E-state index in [1.165, 1.54) is 0 Å². The van der Waals surface area contributed by atoms with Crippen molar-refractivity contribution in [3.8, 4) is 5.75 Å². The molecule has 27 heavy (non-hydrogen) atoms. The van der Waals surface area contributed by atoms with Crippen LogP contribution in [0.1, 0.15) is 41.6 Å². The number of nitrogens with zero attached hydrogens (tertiary/aromatic N) is 2. The number of hydrogen-bond donors (Lipinski definition) is 1. The molecule has 0 bridgehead atoms. The van der Waals surface area contributed by atoms with E-state index in [4.69, 9.17) is 4.74 Å². The lowest BCUT2D eigenvalue weighted by atomic mass is 9.78. The Hall–Kier alpha value is -2.51. The largest absolute Gasteiger partial charge is 0.497 e. The van der Waals surface area contributed by atoms with Crippen molar-refractivity contribution in [3.05, 3.63) is 47.8 Å². The van der Waals surface area contributed by atoms with E-state index in [9.17, 15) is 18.0 Å². The van der Waals surface area contributed by atoms with E-state index in [2.05, 4.69) is 10.4 Å². The zero-order valence-electron chi connectivity index (χ0n) is 15.1. The van der Waals surface area contributed by atoms with Gasteiger partial charge < -0.3 is 10.1 Å². The Morgan fingerprint density at radius 2 is 2.07 bits per heavy atom. The molecule has 0 unspecified atom stereocenters. The van der Waals surface area contributed by atoms with Crippen molar-refractivity contribution in [1.82, 2.24) is 15.1 Å². The van der Waals surface area contributed by atoms with Crippen LogP contribution in [-0.2, 0) is 12.0 Å². The zero-order chi connectivity index (χ0) is 19.5. The first-order chi connectivity index (χ1) is 12.8. The second-order valence-electron chi connectivity index (χ2n) is 6.94. The van der Waals surface area contributed by atoms with Crippen LogP contribution in [0.3, 0.4) is 0 Å². The molecule has 1 aromatic carbocycles. The first kappa shape index (κ1) is 19.3. The Morgan fingerprint density at radius 1 is 1.33 bits per heavy atom. The molecule has 1 aromatic heterocycles. The fraction of sp³-hybridized carbons (Fsp3) is 0.474. The minimum atomic E-state index is -4.37. The average molecular weight is 381 g/mol. The predicted octanol–water partition coefficient (Wildman–Crippen LogP) is 3.70. The second kappa shape index (κ2) is 7.62. The van der Waals surface area contributed by atoms with Gasteiger partial charge in [-0.1, -0.05) is 25.0 Å². The standard InChI is InChI=1S/C19H22F3N3O2/c1-27-16-6-4-5-15(9-16)18(7-2-3-8-18)12-23-17(26)14-10-24-25(11-14)13-19(20,21)22/h4-6,9-11H,2-3,7-8,12-13H2,1H3,(H,23,26). The van der Waals surface area contributed by atoms with Gasteiger partial charge in [-0.2, -0.15) is 18.3 Å². The molecular formula is C19H22F3N3O2. The summed E-state index contributed by atoms with van der Waals surface area (Å²) in [5.41, 5.74) is 1.04. The molecule has 1 amide bonds. The van der Waals surface area contributed by atoms with Crippen molar-refractivity contribution in [1.29, 1.82) is 0 Å². The van der Waals surface area contributed by atoms with Gasteiger partial charge in [-0.15, -0.1) is 0 Å². The van der Waals surface area contributed by atoms with Crippen LogP contribution < -0.4 is 10.1 Å². The first-order valence-electron chi connectivity index (χ1n) is 8.83. The first-order valence-corrected chi connectivity index (χ1v) is 8.83. The van der Waals surface area contributed by atoms with Gasteiger partial charge in [0.15, 0.2) is 0 Å².